The molecule has 0 bridgehead atoms. The summed E-state index contributed by atoms with van der Waals surface area (Å²) in [5.41, 5.74) is 0.686. The van der Waals surface area contributed by atoms with Crippen molar-refractivity contribution in [3.8, 4) is 0 Å². The van der Waals surface area contributed by atoms with Crippen molar-refractivity contribution < 1.29 is 0 Å². The third kappa shape index (κ3) is 2.80. The quantitative estimate of drug-likeness (QED) is 0.592. The minimum absolute atomic E-state index is 0.686. The van der Waals surface area contributed by atoms with Crippen LogP contribution >= 0.6 is 0 Å². The molecule has 0 aliphatic heterocycles. The lowest BCUT2D eigenvalue weighted by Gasteiger charge is -2.14. The Morgan fingerprint density at radius 2 is 1.75 bits per heavy atom. The van der Waals surface area contributed by atoms with Gasteiger partial charge in [-0.1, -0.05) is 34.6 Å². The maximum absolute atomic E-state index is 2.41. The maximum atomic E-state index is 2.41. The van der Waals surface area contributed by atoms with Crippen LogP contribution in [0.25, 0.3) is 0 Å². The van der Waals surface area contributed by atoms with Crippen LogP contribution < -0.4 is 0 Å². The molecule has 2 atom stereocenters. The highest BCUT2D eigenvalue weighted by Crippen LogP contribution is 2.55. The fourth-order valence-electron chi connectivity index (χ4n) is 2.37. The van der Waals surface area contributed by atoms with Crippen molar-refractivity contribution in [2.45, 2.75) is 53.9 Å². The van der Waals surface area contributed by atoms with Gasteiger partial charge in [0.2, 0.25) is 0 Å². The molecule has 0 aromatic heterocycles. The summed E-state index contributed by atoms with van der Waals surface area (Å²) in [7, 11) is 0. The Balaban J connectivity index is 2.16. The first kappa shape index (κ1) is 10.1. The van der Waals surface area contributed by atoms with E-state index in [1.165, 1.54) is 19.3 Å². The van der Waals surface area contributed by atoms with Gasteiger partial charge in [-0.05, 0) is 42.4 Å². The molecule has 1 saturated carbocycles. The molecular formula is C12H24. The monoisotopic (exact) mass is 168 g/mol. The third-order valence-corrected chi connectivity index (χ3v) is 3.28. The molecule has 0 N–H and O–H groups in total. The van der Waals surface area contributed by atoms with Crippen LogP contribution in [0.2, 0.25) is 0 Å². The molecule has 0 heteroatoms. The number of hydrogen-bond acceptors (Lipinski definition) is 0. The first-order chi connectivity index (χ1) is 5.42. The summed E-state index contributed by atoms with van der Waals surface area (Å²) in [6, 6.07) is 0. The van der Waals surface area contributed by atoms with E-state index in [4.69, 9.17) is 0 Å². The molecule has 1 rings (SSSR count). The van der Waals surface area contributed by atoms with Crippen molar-refractivity contribution >= 4 is 0 Å². The van der Waals surface area contributed by atoms with E-state index in [0.29, 0.717) is 5.41 Å². The van der Waals surface area contributed by atoms with E-state index >= 15 is 0 Å². The molecule has 0 nitrogen and oxygen atoms in total. The lowest BCUT2D eigenvalue weighted by Crippen LogP contribution is -2.03. The molecule has 0 spiro atoms. The molecule has 1 aliphatic carbocycles. The minimum Gasteiger partial charge on any atom is -0.0628 e. The van der Waals surface area contributed by atoms with Gasteiger partial charge in [-0.2, -0.15) is 0 Å². The zero-order valence-electron chi connectivity index (χ0n) is 9.35. The van der Waals surface area contributed by atoms with Crippen molar-refractivity contribution in [3.63, 3.8) is 0 Å². The number of hydrogen-bond donors (Lipinski definition) is 0. The van der Waals surface area contributed by atoms with Crippen LogP contribution in [-0.4, -0.2) is 0 Å². The average Bonchev–Trinajstić information content (AvgIpc) is 2.35. The predicted octanol–water partition coefficient (Wildman–Crippen LogP) is 4.10. The molecule has 12 heavy (non-hydrogen) atoms. The highest BCUT2D eigenvalue weighted by atomic mass is 14.5. The molecule has 0 aromatic rings. The molecule has 0 amide bonds. The van der Waals surface area contributed by atoms with E-state index in [1.807, 2.05) is 0 Å². The summed E-state index contributed by atoms with van der Waals surface area (Å²) >= 11 is 0. The average molecular weight is 168 g/mol. The largest absolute Gasteiger partial charge is 0.0628 e. The second-order valence-electron chi connectivity index (χ2n) is 5.86. The molecule has 0 heterocycles. The lowest BCUT2D eigenvalue weighted by atomic mass is 9.92. The van der Waals surface area contributed by atoms with Gasteiger partial charge in [0.15, 0.2) is 0 Å². The summed E-state index contributed by atoms with van der Waals surface area (Å²) < 4.78 is 0. The third-order valence-electron chi connectivity index (χ3n) is 3.28. The molecule has 0 radical (unpaired) electrons. The van der Waals surface area contributed by atoms with E-state index in [2.05, 4.69) is 34.6 Å². The second kappa shape index (κ2) is 3.40. The molecular weight excluding hydrogens is 144 g/mol. The van der Waals surface area contributed by atoms with E-state index in [0.717, 1.165) is 17.8 Å². The van der Waals surface area contributed by atoms with E-state index in [-0.39, 0.29) is 0 Å². The van der Waals surface area contributed by atoms with Gasteiger partial charge in [-0.15, -0.1) is 0 Å². The Bertz CT molecular complexity index is 144. The van der Waals surface area contributed by atoms with Gasteiger partial charge >= 0.3 is 0 Å². The summed E-state index contributed by atoms with van der Waals surface area (Å²) in [5.74, 6) is 2.85. The smallest absolute Gasteiger partial charge is 0.0323 e. The normalized spacial score (nSPS) is 29.0. The molecule has 2 unspecified atom stereocenters. The van der Waals surface area contributed by atoms with E-state index < -0.39 is 0 Å². The van der Waals surface area contributed by atoms with Crippen molar-refractivity contribution in [2.24, 2.45) is 23.2 Å². The van der Waals surface area contributed by atoms with Crippen LogP contribution in [-0.2, 0) is 0 Å². The zero-order valence-corrected chi connectivity index (χ0v) is 9.35. The zero-order chi connectivity index (χ0) is 9.35. The van der Waals surface area contributed by atoms with Crippen LogP contribution in [0.4, 0.5) is 0 Å². The van der Waals surface area contributed by atoms with Crippen molar-refractivity contribution in [1.82, 2.24) is 0 Å². The van der Waals surface area contributed by atoms with E-state index in [1.54, 1.807) is 0 Å². The van der Waals surface area contributed by atoms with Gasteiger partial charge in [0, 0.05) is 0 Å². The first-order valence-electron chi connectivity index (χ1n) is 5.42. The van der Waals surface area contributed by atoms with Gasteiger partial charge in [0.1, 0.15) is 0 Å². The Hall–Kier alpha value is 0. The van der Waals surface area contributed by atoms with Crippen LogP contribution in [0.5, 0.6) is 0 Å². The fourth-order valence-corrected chi connectivity index (χ4v) is 2.37. The summed E-state index contributed by atoms with van der Waals surface area (Å²) in [6.07, 6.45) is 4.34. The van der Waals surface area contributed by atoms with Crippen molar-refractivity contribution in [1.29, 1.82) is 0 Å². The summed E-state index contributed by atoms with van der Waals surface area (Å²) in [4.78, 5) is 0. The van der Waals surface area contributed by atoms with E-state index in [9.17, 15) is 0 Å². The molecule has 72 valence electrons. The fraction of sp³-hybridized carbons (Fsp3) is 1.00. The van der Waals surface area contributed by atoms with Crippen LogP contribution in [0.1, 0.15) is 53.9 Å². The second-order valence-corrected chi connectivity index (χ2v) is 5.86. The van der Waals surface area contributed by atoms with Gasteiger partial charge in [-0.3, -0.25) is 0 Å². The lowest BCUT2D eigenvalue weighted by molar-refractivity contribution is 0.373. The van der Waals surface area contributed by atoms with Crippen molar-refractivity contribution in [3.05, 3.63) is 0 Å². The standard InChI is InChI=1S/C12H24/c1-9(2)6-10(3)7-11-8-12(11,4)5/h9-11H,6-8H2,1-5H3. The Morgan fingerprint density at radius 3 is 2.08 bits per heavy atom. The Labute approximate surface area is 77.7 Å². The molecule has 1 fully saturated rings. The minimum atomic E-state index is 0.686. The van der Waals surface area contributed by atoms with Gasteiger partial charge in [-0.25, -0.2) is 0 Å². The topological polar surface area (TPSA) is 0 Å². The summed E-state index contributed by atoms with van der Waals surface area (Å²) in [5, 5.41) is 0. The van der Waals surface area contributed by atoms with Gasteiger partial charge in [0.25, 0.3) is 0 Å². The first-order valence-corrected chi connectivity index (χ1v) is 5.42. The highest BCUT2D eigenvalue weighted by molar-refractivity contribution is 4.95. The molecule has 1 aliphatic rings. The van der Waals surface area contributed by atoms with Gasteiger partial charge in [0.05, 0.1) is 0 Å². The van der Waals surface area contributed by atoms with Crippen molar-refractivity contribution in [2.75, 3.05) is 0 Å². The maximum Gasteiger partial charge on any atom is -0.0323 e. The Morgan fingerprint density at radius 1 is 1.25 bits per heavy atom. The predicted molar refractivity (Wildman–Crippen MR) is 55.1 cm³/mol. The van der Waals surface area contributed by atoms with Crippen LogP contribution in [0.15, 0.2) is 0 Å². The molecule has 0 aromatic carbocycles. The van der Waals surface area contributed by atoms with Gasteiger partial charge < -0.3 is 0 Å². The Kier molecular flexibility index (Phi) is 2.85. The molecule has 0 saturated heterocycles. The van der Waals surface area contributed by atoms with Crippen LogP contribution in [0.3, 0.4) is 0 Å². The number of rotatable bonds is 4. The van der Waals surface area contributed by atoms with Crippen LogP contribution in [0, 0.1) is 23.2 Å². The SMILES string of the molecule is CC(C)CC(C)CC1CC1(C)C. The summed E-state index contributed by atoms with van der Waals surface area (Å²) in [6.45, 7) is 11.9. The highest BCUT2D eigenvalue weighted by Gasteiger charge is 2.45.